The van der Waals surface area contributed by atoms with Crippen molar-refractivity contribution in [3.8, 4) is 0 Å². The molecule has 0 spiro atoms. The van der Waals surface area contributed by atoms with Gasteiger partial charge in [-0.25, -0.2) is 9.97 Å². The van der Waals surface area contributed by atoms with E-state index in [9.17, 15) is 4.79 Å². The molecule has 74 valence electrons. The monoisotopic (exact) mass is 210 g/mol. The van der Waals surface area contributed by atoms with E-state index in [4.69, 9.17) is 0 Å². The fraction of sp³-hybridized carbons (Fsp3) is 0.375. The molecular weight excluding hydrogens is 200 g/mol. The Hall–Kier alpha value is -1.14. The zero-order chi connectivity index (χ0) is 9.80. The fourth-order valence-corrected chi connectivity index (χ4v) is 2.07. The van der Waals surface area contributed by atoms with Gasteiger partial charge in [0.15, 0.2) is 0 Å². The summed E-state index contributed by atoms with van der Waals surface area (Å²) in [5.74, 6) is 1.92. The summed E-state index contributed by atoms with van der Waals surface area (Å²) in [5.41, 5.74) is 0. The van der Waals surface area contributed by atoms with E-state index >= 15 is 0 Å². The van der Waals surface area contributed by atoms with Gasteiger partial charge in [-0.05, 0) is 6.07 Å². The van der Waals surface area contributed by atoms with Gasteiger partial charge in [-0.3, -0.25) is 15.4 Å². The lowest BCUT2D eigenvalue weighted by Crippen LogP contribution is -2.37. The quantitative estimate of drug-likeness (QED) is 0.723. The first-order chi connectivity index (χ1) is 6.86. The van der Waals surface area contributed by atoms with Crippen molar-refractivity contribution in [1.82, 2.24) is 15.3 Å². The number of hydrogen-bond acceptors (Lipinski definition) is 5. The van der Waals surface area contributed by atoms with Crippen LogP contribution in [-0.4, -0.2) is 33.5 Å². The highest BCUT2D eigenvalue weighted by Crippen LogP contribution is 2.10. The van der Waals surface area contributed by atoms with Crippen LogP contribution < -0.4 is 10.6 Å². The lowest BCUT2D eigenvalue weighted by atomic mass is 10.3. The second-order valence-electron chi connectivity index (χ2n) is 2.83. The molecule has 0 aromatic carbocycles. The third-order valence-corrected chi connectivity index (χ3v) is 2.77. The van der Waals surface area contributed by atoms with Gasteiger partial charge < -0.3 is 0 Å². The second-order valence-corrected chi connectivity index (χ2v) is 3.86. The maximum Gasteiger partial charge on any atom is 0.244 e. The van der Waals surface area contributed by atoms with E-state index in [1.807, 2.05) is 0 Å². The summed E-state index contributed by atoms with van der Waals surface area (Å²) in [5, 5.41) is 5.72. The zero-order valence-corrected chi connectivity index (χ0v) is 8.25. The number of nitrogens with zero attached hydrogens (tertiary/aromatic N) is 2. The Labute approximate surface area is 85.7 Å². The molecule has 1 aliphatic rings. The zero-order valence-electron chi connectivity index (χ0n) is 7.43. The number of nitrogens with one attached hydrogen (secondary N) is 2. The van der Waals surface area contributed by atoms with Gasteiger partial charge in [0, 0.05) is 24.0 Å². The average Bonchev–Trinajstić information content (AvgIpc) is 2.72. The van der Waals surface area contributed by atoms with Gasteiger partial charge in [0.25, 0.3) is 0 Å². The lowest BCUT2D eigenvalue weighted by Gasteiger charge is -2.08. The van der Waals surface area contributed by atoms with Gasteiger partial charge in [0.05, 0.1) is 6.04 Å². The number of carbonyl (C=O) groups is 1. The van der Waals surface area contributed by atoms with Gasteiger partial charge in [-0.1, -0.05) is 0 Å². The number of hydrogen-bond donors (Lipinski definition) is 2. The van der Waals surface area contributed by atoms with Crippen molar-refractivity contribution in [2.24, 2.45) is 0 Å². The molecule has 0 bridgehead atoms. The van der Waals surface area contributed by atoms with Crippen molar-refractivity contribution in [2.75, 3.05) is 16.9 Å². The molecule has 0 radical (unpaired) electrons. The summed E-state index contributed by atoms with van der Waals surface area (Å²) >= 11 is 1.71. The number of rotatable bonds is 2. The van der Waals surface area contributed by atoms with E-state index < -0.39 is 0 Å². The van der Waals surface area contributed by atoms with Crippen molar-refractivity contribution in [3.63, 3.8) is 0 Å². The van der Waals surface area contributed by atoms with Crippen molar-refractivity contribution in [2.45, 2.75) is 6.04 Å². The molecule has 2 heterocycles. The number of carbonyl (C=O) groups excluding carboxylic acids is 1. The van der Waals surface area contributed by atoms with E-state index in [0.29, 0.717) is 5.95 Å². The Kier molecular flexibility index (Phi) is 2.95. The fourth-order valence-electron chi connectivity index (χ4n) is 1.12. The molecule has 14 heavy (non-hydrogen) atoms. The topological polar surface area (TPSA) is 66.9 Å². The van der Waals surface area contributed by atoms with Crippen LogP contribution in [-0.2, 0) is 4.79 Å². The molecule has 2 rings (SSSR count). The Morgan fingerprint density at radius 2 is 2.36 bits per heavy atom. The number of thioether (sulfide) groups is 1. The summed E-state index contributed by atoms with van der Waals surface area (Å²) < 4.78 is 0. The molecule has 1 aromatic rings. The number of anilines is 1. The molecule has 1 aromatic heterocycles. The van der Waals surface area contributed by atoms with Crippen molar-refractivity contribution in [1.29, 1.82) is 0 Å². The van der Waals surface area contributed by atoms with E-state index in [1.54, 1.807) is 30.2 Å². The van der Waals surface area contributed by atoms with Gasteiger partial charge in [-0.15, -0.1) is 11.8 Å². The number of aromatic nitrogens is 2. The van der Waals surface area contributed by atoms with Crippen LogP contribution in [0.4, 0.5) is 5.95 Å². The summed E-state index contributed by atoms with van der Waals surface area (Å²) in [6.07, 6.45) is 3.19. The van der Waals surface area contributed by atoms with Crippen molar-refractivity contribution in [3.05, 3.63) is 18.5 Å². The van der Waals surface area contributed by atoms with E-state index in [-0.39, 0.29) is 11.9 Å². The van der Waals surface area contributed by atoms with Crippen LogP contribution in [0.15, 0.2) is 18.5 Å². The maximum absolute atomic E-state index is 11.5. The summed E-state index contributed by atoms with van der Waals surface area (Å²) in [6, 6.07) is 1.59. The van der Waals surface area contributed by atoms with Crippen LogP contribution in [0.2, 0.25) is 0 Å². The molecule has 1 fully saturated rings. The Bertz CT molecular complexity index is 312. The Morgan fingerprint density at radius 1 is 1.57 bits per heavy atom. The summed E-state index contributed by atoms with van der Waals surface area (Å²) in [4.78, 5) is 19.4. The summed E-state index contributed by atoms with van der Waals surface area (Å²) in [6.45, 7) is 0. The molecule has 1 amide bonds. The molecule has 1 atom stereocenters. The van der Waals surface area contributed by atoms with Crippen molar-refractivity contribution < 1.29 is 4.79 Å². The molecule has 5 nitrogen and oxygen atoms in total. The van der Waals surface area contributed by atoms with Gasteiger partial charge in [0.2, 0.25) is 11.9 Å². The van der Waals surface area contributed by atoms with Gasteiger partial charge >= 0.3 is 0 Å². The minimum atomic E-state index is -0.121. The molecule has 1 unspecified atom stereocenters. The van der Waals surface area contributed by atoms with Gasteiger partial charge in [0.1, 0.15) is 0 Å². The van der Waals surface area contributed by atoms with Crippen molar-refractivity contribution >= 4 is 23.6 Å². The van der Waals surface area contributed by atoms with Crippen LogP contribution in [0, 0.1) is 0 Å². The highest BCUT2D eigenvalue weighted by atomic mass is 32.2. The van der Waals surface area contributed by atoms with E-state index in [0.717, 1.165) is 11.6 Å². The Morgan fingerprint density at radius 3 is 3.00 bits per heavy atom. The first kappa shape index (κ1) is 9.42. The molecule has 0 aliphatic carbocycles. The SMILES string of the molecule is O=C(Nc1ncccn1)C1CSCN1. The predicted molar refractivity (Wildman–Crippen MR) is 54.9 cm³/mol. The average molecular weight is 210 g/mol. The standard InChI is InChI=1S/C8H10N4OS/c13-7(6-4-14-5-11-6)12-8-9-2-1-3-10-8/h1-3,6,11H,4-5H2,(H,9,10,12,13). The molecule has 1 aliphatic heterocycles. The first-order valence-corrected chi connectivity index (χ1v) is 5.41. The molecule has 1 saturated heterocycles. The highest BCUT2D eigenvalue weighted by molar-refractivity contribution is 7.99. The summed E-state index contributed by atoms with van der Waals surface area (Å²) in [7, 11) is 0. The van der Waals surface area contributed by atoms with Gasteiger partial charge in [-0.2, -0.15) is 0 Å². The lowest BCUT2D eigenvalue weighted by molar-refractivity contribution is -0.117. The third-order valence-electron chi connectivity index (χ3n) is 1.83. The van der Waals surface area contributed by atoms with E-state index in [2.05, 4.69) is 20.6 Å². The molecule has 2 N–H and O–H groups in total. The molecular formula is C8H10N4OS. The number of amides is 1. The minimum Gasteiger partial charge on any atom is -0.296 e. The minimum absolute atomic E-state index is 0.0683. The maximum atomic E-state index is 11.5. The highest BCUT2D eigenvalue weighted by Gasteiger charge is 2.22. The Balaban J connectivity index is 1.94. The molecule has 0 saturated carbocycles. The largest absolute Gasteiger partial charge is 0.296 e. The predicted octanol–water partition coefficient (Wildman–Crippen LogP) is 0.0776. The van der Waals surface area contributed by atoms with Crippen LogP contribution in [0.3, 0.4) is 0 Å². The van der Waals surface area contributed by atoms with Crippen LogP contribution >= 0.6 is 11.8 Å². The smallest absolute Gasteiger partial charge is 0.244 e. The normalized spacial score (nSPS) is 20.7. The second kappa shape index (κ2) is 4.39. The van der Waals surface area contributed by atoms with Crippen LogP contribution in [0.1, 0.15) is 0 Å². The molecule has 6 heteroatoms. The third kappa shape index (κ3) is 2.21. The first-order valence-electron chi connectivity index (χ1n) is 4.25. The van der Waals surface area contributed by atoms with Crippen LogP contribution in [0.5, 0.6) is 0 Å². The van der Waals surface area contributed by atoms with Crippen LogP contribution in [0.25, 0.3) is 0 Å². The van der Waals surface area contributed by atoms with E-state index in [1.165, 1.54) is 0 Å².